The zero-order valence-corrected chi connectivity index (χ0v) is 14.8. The number of hydrogen-bond acceptors (Lipinski definition) is 4. The third-order valence-electron chi connectivity index (χ3n) is 5.28. The summed E-state index contributed by atoms with van der Waals surface area (Å²) in [6.07, 6.45) is 1.99. The molecule has 1 amide bonds. The Kier molecular flexibility index (Phi) is 4.46. The monoisotopic (exact) mass is 355 g/mol. The van der Waals surface area contributed by atoms with Crippen LogP contribution in [0.2, 0.25) is 0 Å². The van der Waals surface area contributed by atoms with Crippen LogP contribution in [0.1, 0.15) is 22.5 Å². The number of hydrogen-bond donors (Lipinski definition) is 0. The standard InChI is InChI=1S/C20H22FN3O2/c1-23(11-15-5-3-2-4-6-15)17-9-20(26-12-17)13-24(14-20)19(25)18-8-7-16(21)10-22-18/h2-8,10,17H,9,11-14H2,1H3. The van der Waals surface area contributed by atoms with E-state index in [1.54, 1.807) is 4.90 Å². The van der Waals surface area contributed by atoms with Gasteiger partial charge in [0.2, 0.25) is 0 Å². The van der Waals surface area contributed by atoms with Crippen molar-refractivity contribution in [2.45, 2.75) is 24.6 Å². The van der Waals surface area contributed by atoms with Crippen molar-refractivity contribution in [2.75, 3.05) is 26.7 Å². The number of carbonyl (C=O) groups excluding carboxylic acids is 1. The summed E-state index contributed by atoms with van der Waals surface area (Å²) < 4.78 is 19.0. The molecule has 4 rings (SSSR count). The van der Waals surface area contributed by atoms with E-state index in [1.807, 2.05) is 6.07 Å². The molecule has 2 aliphatic heterocycles. The van der Waals surface area contributed by atoms with Crippen LogP contribution in [-0.2, 0) is 11.3 Å². The molecule has 136 valence electrons. The highest BCUT2D eigenvalue weighted by Gasteiger charge is 2.52. The average molecular weight is 355 g/mol. The number of rotatable bonds is 4. The first-order chi connectivity index (χ1) is 12.5. The van der Waals surface area contributed by atoms with Gasteiger partial charge in [-0.15, -0.1) is 0 Å². The summed E-state index contributed by atoms with van der Waals surface area (Å²) in [7, 11) is 2.12. The Morgan fingerprint density at radius 3 is 2.77 bits per heavy atom. The summed E-state index contributed by atoms with van der Waals surface area (Å²) in [5, 5.41) is 0. The summed E-state index contributed by atoms with van der Waals surface area (Å²) in [5.74, 6) is -0.606. The lowest BCUT2D eigenvalue weighted by atomic mass is 9.88. The van der Waals surface area contributed by atoms with Crippen LogP contribution in [0, 0.1) is 5.82 Å². The Balaban J connectivity index is 1.32. The molecule has 2 saturated heterocycles. The molecule has 2 fully saturated rings. The highest BCUT2D eigenvalue weighted by atomic mass is 19.1. The van der Waals surface area contributed by atoms with Crippen molar-refractivity contribution in [3.63, 3.8) is 0 Å². The molecule has 0 bridgehead atoms. The normalized spacial score (nSPS) is 21.2. The minimum Gasteiger partial charge on any atom is -0.370 e. The van der Waals surface area contributed by atoms with Gasteiger partial charge in [0.1, 0.15) is 17.1 Å². The van der Waals surface area contributed by atoms with E-state index in [9.17, 15) is 9.18 Å². The van der Waals surface area contributed by atoms with Gasteiger partial charge < -0.3 is 9.64 Å². The molecule has 26 heavy (non-hydrogen) atoms. The maximum atomic E-state index is 13.0. The number of benzene rings is 1. The van der Waals surface area contributed by atoms with E-state index in [0.717, 1.165) is 19.2 Å². The zero-order valence-electron chi connectivity index (χ0n) is 14.8. The number of pyridine rings is 1. The Hall–Kier alpha value is -2.31. The minimum atomic E-state index is -0.440. The number of ether oxygens (including phenoxy) is 1. The maximum absolute atomic E-state index is 13.0. The van der Waals surface area contributed by atoms with Gasteiger partial charge in [0.15, 0.2) is 0 Å². The van der Waals surface area contributed by atoms with Crippen LogP contribution < -0.4 is 0 Å². The second-order valence-electron chi connectivity index (χ2n) is 7.28. The fourth-order valence-electron chi connectivity index (χ4n) is 3.78. The van der Waals surface area contributed by atoms with Crippen LogP contribution in [0.5, 0.6) is 0 Å². The molecule has 1 atom stereocenters. The second-order valence-corrected chi connectivity index (χ2v) is 7.28. The first kappa shape index (κ1) is 17.1. The van der Waals surface area contributed by atoms with E-state index in [-0.39, 0.29) is 17.2 Å². The Morgan fingerprint density at radius 2 is 2.08 bits per heavy atom. The Bertz CT molecular complexity index is 775. The number of amides is 1. The Morgan fingerprint density at radius 1 is 1.31 bits per heavy atom. The third kappa shape index (κ3) is 3.34. The van der Waals surface area contributed by atoms with Gasteiger partial charge in [-0.1, -0.05) is 30.3 Å². The topological polar surface area (TPSA) is 45.7 Å². The van der Waals surface area contributed by atoms with E-state index in [1.165, 1.54) is 17.7 Å². The fourth-order valence-corrected chi connectivity index (χ4v) is 3.78. The number of carbonyl (C=O) groups is 1. The number of likely N-dealkylation sites (tertiary alicyclic amines) is 1. The average Bonchev–Trinajstić information content (AvgIpc) is 3.07. The van der Waals surface area contributed by atoms with Crippen molar-refractivity contribution < 1.29 is 13.9 Å². The van der Waals surface area contributed by atoms with Crippen molar-refractivity contribution >= 4 is 5.91 Å². The van der Waals surface area contributed by atoms with Crippen molar-refractivity contribution in [3.05, 3.63) is 65.7 Å². The molecule has 5 nitrogen and oxygen atoms in total. The highest BCUT2D eigenvalue weighted by Crippen LogP contribution is 2.37. The van der Waals surface area contributed by atoms with Crippen LogP contribution in [-0.4, -0.2) is 59.1 Å². The zero-order chi connectivity index (χ0) is 18.1. The summed E-state index contributed by atoms with van der Waals surface area (Å²) in [6, 6.07) is 13.4. The molecule has 2 aromatic rings. The lowest BCUT2D eigenvalue weighted by Gasteiger charge is -2.47. The van der Waals surface area contributed by atoms with Gasteiger partial charge in [0.25, 0.3) is 5.91 Å². The smallest absolute Gasteiger partial charge is 0.272 e. The van der Waals surface area contributed by atoms with Crippen molar-refractivity contribution in [1.82, 2.24) is 14.8 Å². The molecule has 1 aromatic carbocycles. The van der Waals surface area contributed by atoms with Crippen LogP contribution in [0.25, 0.3) is 0 Å². The van der Waals surface area contributed by atoms with Gasteiger partial charge in [-0.2, -0.15) is 0 Å². The first-order valence-corrected chi connectivity index (χ1v) is 8.84. The quantitative estimate of drug-likeness (QED) is 0.845. The fraction of sp³-hybridized carbons (Fsp3) is 0.400. The molecule has 0 saturated carbocycles. The highest BCUT2D eigenvalue weighted by molar-refractivity contribution is 5.93. The SMILES string of the molecule is CN(Cc1ccccc1)C1COC2(C1)CN(C(=O)c1ccc(F)cn1)C2. The summed E-state index contributed by atoms with van der Waals surface area (Å²) in [5.41, 5.74) is 1.31. The maximum Gasteiger partial charge on any atom is 0.272 e. The second kappa shape index (κ2) is 6.78. The largest absolute Gasteiger partial charge is 0.370 e. The summed E-state index contributed by atoms with van der Waals surface area (Å²) in [6.45, 7) is 2.70. The van der Waals surface area contributed by atoms with Crippen LogP contribution in [0.4, 0.5) is 4.39 Å². The predicted molar refractivity (Wildman–Crippen MR) is 95.1 cm³/mol. The molecule has 3 heterocycles. The molecule has 1 aromatic heterocycles. The number of likely N-dealkylation sites (N-methyl/N-ethyl adjacent to an activating group) is 1. The summed E-state index contributed by atoms with van der Waals surface area (Å²) in [4.78, 5) is 20.3. The Labute approximate surface area is 152 Å². The molecule has 0 N–H and O–H groups in total. The molecule has 2 aliphatic rings. The lowest BCUT2D eigenvalue weighted by Crippen LogP contribution is -2.63. The minimum absolute atomic E-state index is 0.166. The van der Waals surface area contributed by atoms with Gasteiger partial charge in [-0.3, -0.25) is 9.69 Å². The van der Waals surface area contributed by atoms with Crippen LogP contribution in [0.3, 0.4) is 0 Å². The van der Waals surface area contributed by atoms with Crippen molar-refractivity contribution in [2.24, 2.45) is 0 Å². The van der Waals surface area contributed by atoms with Crippen molar-refractivity contribution in [1.29, 1.82) is 0 Å². The van der Waals surface area contributed by atoms with Crippen LogP contribution in [0.15, 0.2) is 48.7 Å². The van der Waals surface area contributed by atoms with Gasteiger partial charge in [0, 0.05) is 12.6 Å². The summed E-state index contributed by atoms with van der Waals surface area (Å²) >= 11 is 0. The van der Waals surface area contributed by atoms with Crippen molar-refractivity contribution in [3.8, 4) is 0 Å². The van der Waals surface area contributed by atoms with Crippen LogP contribution >= 0.6 is 0 Å². The number of aromatic nitrogens is 1. The molecule has 1 spiro atoms. The van der Waals surface area contributed by atoms with E-state index >= 15 is 0 Å². The van der Waals surface area contributed by atoms with Gasteiger partial charge in [0.05, 0.1) is 25.9 Å². The van der Waals surface area contributed by atoms with E-state index in [0.29, 0.717) is 25.7 Å². The number of halogens is 1. The van der Waals surface area contributed by atoms with E-state index < -0.39 is 5.82 Å². The molecule has 0 aliphatic carbocycles. The number of nitrogens with zero attached hydrogens (tertiary/aromatic N) is 3. The van der Waals surface area contributed by atoms with Gasteiger partial charge in [-0.25, -0.2) is 9.37 Å². The first-order valence-electron chi connectivity index (χ1n) is 8.84. The molecule has 1 unspecified atom stereocenters. The third-order valence-corrected chi connectivity index (χ3v) is 5.28. The lowest BCUT2D eigenvalue weighted by molar-refractivity contribution is -0.0952. The van der Waals surface area contributed by atoms with Gasteiger partial charge in [-0.05, 0) is 31.2 Å². The van der Waals surface area contributed by atoms with E-state index in [4.69, 9.17) is 4.74 Å². The molecular formula is C20H22FN3O2. The van der Waals surface area contributed by atoms with E-state index in [2.05, 4.69) is 41.2 Å². The molecule has 6 heteroatoms. The molecular weight excluding hydrogens is 333 g/mol. The predicted octanol–water partition coefficient (Wildman–Crippen LogP) is 2.34. The van der Waals surface area contributed by atoms with Gasteiger partial charge >= 0.3 is 0 Å². The molecule has 0 radical (unpaired) electrons.